The quantitative estimate of drug-likeness (QED) is 0.660. The van der Waals surface area contributed by atoms with Crippen molar-refractivity contribution in [2.75, 3.05) is 0 Å². The Balaban J connectivity index is 2.22. The first-order valence-electron chi connectivity index (χ1n) is 5.72. The van der Waals surface area contributed by atoms with Crippen molar-refractivity contribution in [3.63, 3.8) is 0 Å². The molecule has 0 aliphatic heterocycles. The first-order chi connectivity index (χ1) is 9.45. The second kappa shape index (κ2) is 5.52. The van der Waals surface area contributed by atoms with Gasteiger partial charge in [-0.15, -0.1) is 0 Å². The third-order valence-corrected chi connectivity index (χ3v) is 2.51. The minimum atomic E-state index is -1.04. The standard InChI is InChI=1S/C13H11FN2O4/c1-8(17)20-10-4-2-9(3-5-10)6-16-7-11(14)12(18)15-13(16)19/h2-5,7H,6H2,1H3,(H,15,18,19). The topological polar surface area (TPSA) is 81.2 Å². The molecule has 0 unspecified atom stereocenters. The molecule has 0 saturated heterocycles. The molecule has 0 saturated carbocycles. The molecule has 0 radical (unpaired) electrons. The Morgan fingerprint density at radius 3 is 2.55 bits per heavy atom. The Bertz CT molecular complexity index is 746. The van der Waals surface area contributed by atoms with Crippen molar-refractivity contribution >= 4 is 5.97 Å². The molecule has 0 spiro atoms. The van der Waals surface area contributed by atoms with E-state index in [4.69, 9.17) is 4.74 Å². The number of hydrogen-bond acceptors (Lipinski definition) is 4. The molecule has 0 amide bonds. The molecule has 0 atom stereocenters. The maximum atomic E-state index is 13.1. The van der Waals surface area contributed by atoms with Crippen LogP contribution in [0.1, 0.15) is 12.5 Å². The largest absolute Gasteiger partial charge is 0.427 e. The van der Waals surface area contributed by atoms with Gasteiger partial charge in [-0.1, -0.05) is 12.1 Å². The lowest BCUT2D eigenvalue weighted by Crippen LogP contribution is -2.31. The molecule has 1 aromatic heterocycles. The van der Waals surface area contributed by atoms with Crippen LogP contribution in [-0.4, -0.2) is 15.5 Å². The van der Waals surface area contributed by atoms with Crippen molar-refractivity contribution in [3.8, 4) is 5.75 Å². The summed E-state index contributed by atoms with van der Waals surface area (Å²) in [7, 11) is 0. The molecule has 20 heavy (non-hydrogen) atoms. The summed E-state index contributed by atoms with van der Waals surface area (Å²) < 4.78 is 19.0. The van der Waals surface area contributed by atoms with Gasteiger partial charge in [-0.3, -0.25) is 19.1 Å². The van der Waals surface area contributed by atoms with E-state index >= 15 is 0 Å². The van der Waals surface area contributed by atoms with Crippen LogP contribution >= 0.6 is 0 Å². The van der Waals surface area contributed by atoms with Crippen LogP contribution in [0.5, 0.6) is 5.75 Å². The average molecular weight is 278 g/mol. The number of H-pyrrole nitrogens is 1. The van der Waals surface area contributed by atoms with Crippen LogP contribution in [0, 0.1) is 5.82 Å². The molecule has 1 N–H and O–H groups in total. The van der Waals surface area contributed by atoms with Gasteiger partial charge in [0.1, 0.15) is 5.75 Å². The number of carbonyl (C=O) groups excluding carboxylic acids is 1. The summed E-state index contributed by atoms with van der Waals surface area (Å²) in [4.78, 5) is 35.0. The lowest BCUT2D eigenvalue weighted by Gasteiger charge is -2.06. The molecular weight excluding hydrogens is 267 g/mol. The number of rotatable bonds is 3. The van der Waals surface area contributed by atoms with Gasteiger partial charge in [-0.25, -0.2) is 4.79 Å². The SMILES string of the molecule is CC(=O)Oc1ccc(Cn2cc(F)c(=O)[nH]c2=O)cc1. The first-order valence-corrected chi connectivity index (χ1v) is 5.72. The zero-order valence-corrected chi connectivity index (χ0v) is 10.6. The van der Waals surface area contributed by atoms with E-state index in [9.17, 15) is 18.8 Å². The monoisotopic (exact) mass is 278 g/mol. The fourth-order valence-corrected chi connectivity index (χ4v) is 1.63. The Kier molecular flexibility index (Phi) is 3.79. The lowest BCUT2D eigenvalue weighted by molar-refractivity contribution is -0.131. The molecule has 1 heterocycles. The van der Waals surface area contributed by atoms with Crippen LogP contribution < -0.4 is 16.0 Å². The summed E-state index contributed by atoms with van der Waals surface area (Å²) in [6, 6.07) is 6.38. The highest BCUT2D eigenvalue weighted by Crippen LogP contribution is 2.12. The molecule has 104 valence electrons. The number of halogens is 1. The van der Waals surface area contributed by atoms with Gasteiger partial charge in [0.15, 0.2) is 0 Å². The number of esters is 1. The number of aromatic nitrogens is 2. The number of aromatic amines is 1. The minimum Gasteiger partial charge on any atom is -0.427 e. The third kappa shape index (κ3) is 3.19. The predicted octanol–water partition coefficient (Wildman–Crippen LogP) is 0.649. The molecule has 0 bridgehead atoms. The minimum absolute atomic E-state index is 0.0902. The van der Waals surface area contributed by atoms with Gasteiger partial charge in [0.05, 0.1) is 12.7 Å². The van der Waals surface area contributed by atoms with Crippen molar-refractivity contribution < 1.29 is 13.9 Å². The van der Waals surface area contributed by atoms with Gasteiger partial charge in [0.2, 0.25) is 5.82 Å². The smallest absolute Gasteiger partial charge is 0.328 e. The van der Waals surface area contributed by atoms with Crippen LogP contribution in [0.15, 0.2) is 40.1 Å². The summed E-state index contributed by atoms with van der Waals surface area (Å²) in [5.74, 6) is -1.08. The fraction of sp³-hybridized carbons (Fsp3) is 0.154. The van der Waals surface area contributed by atoms with Crippen LogP contribution in [0.3, 0.4) is 0 Å². The van der Waals surface area contributed by atoms with Gasteiger partial charge >= 0.3 is 11.7 Å². The number of benzene rings is 1. The van der Waals surface area contributed by atoms with Crippen molar-refractivity contribution in [1.29, 1.82) is 0 Å². The van der Waals surface area contributed by atoms with E-state index in [2.05, 4.69) is 0 Å². The van der Waals surface area contributed by atoms with Gasteiger partial charge in [0.25, 0.3) is 5.56 Å². The highest BCUT2D eigenvalue weighted by molar-refractivity contribution is 5.69. The number of ether oxygens (including phenoxy) is 1. The molecule has 0 fully saturated rings. The number of carbonyl (C=O) groups is 1. The van der Waals surface area contributed by atoms with Gasteiger partial charge in [0, 0.05) is 6.92 Å². The third-order valence-electron chi connectivity index (χ3n) is 2.51. The second-order valence-electron chi connectivity index (χ2n) is 4.10. The first kappa shape index (κ1) is 13.7. The zero-order valence-electron chi connectivity index (χ0n) is 10.6. The van der Waals surface area contributed by atoms with E-state index in [1.165, 1.54) is 6.92 Å². The Labute approximate surface area is 112 Å². The molecule has 2 aromatic rings. The highest BCUT2D eigenvalue weighted by atomic mass is 19.1. The van der Waals surface area contributed by atoms with E-state index in [-0.39, 0.29) is 6.54 Å². The molecule has 7 heteroatoms. The Morgan fingerprint density at radius 2 is 1.95 bits per heavy atom. The number of nitrogens with one attached hydrogen (secondary N) is 1. The lowest BCUT2D eigenvalue weighted by atomic mass is 10.2. The normalized spacial score (nSPS) is 10.3. The number of hydrogen-bond donors (Lipinski definition) is 1. The number of nitrogens with zero attached hydrogens (tertiary/aromatic N) is 1. The van der Waals surface area contributed by atoms with Crippen LogP contribution in [0.4, 0.5) is 4.39 Å². The van der Waals surface area contributed by atoms with E-state index in [1.54, 1.807) is 24.3 Å². The zero-order chi connectivity index (χ0) is 14.7. The highest BCUT2D eigenvalue weighted by Gasteiger charge is 2.05. The van der Waals surface area contributed by atoms with Gasteiger partial charge in [-0.05, 0) is 17.7 Å². The van der Waals surface area contributed by atoms with E-state index in [0.29, 0.717) is 11.3 Å². The summed E-state index contributed by atoms with van der Waals surface area (Å²) in [6.07, 6.45) is 0.848. The molecule has 0 aliphatic carbocycles. The average Bonchev–Trinajstić information content (AvgIpc) is 2.37. The van der Waals surface area contributed by atoms with Crippen molar-refractivity contribution in [1.82, 2.24) is 9.55 Å². The van der Waals surface area contributed by atoms with E-state index in [0.717, 1.165) is 10.8 Å². The second-order valence-corrected chi connectivity index (χ2v) is 4.10. The fourth-order valence-electron chi connectivity index (χ4n) is 1.63. The molecular formula is C13H11FN2O4. The Morgan fingerprint density at radius 1 is 1.30 bits per heavy atom. The molecule has 6 nitrogen and oxygen atoms in total. The molecule has 1 aromatic carbocycles. The summed E-state index contributed by atoms with van der Waals surface area (Å²) >= 11 is 0. The van der Waals surface area contributed by atoms with Crippen LogP contribution in [0.2, 0.25) is 0 Å². The van der Waals surface area contributed by atoms with Crippen molar-refractivity contribution in [3.05, 3.63) is 62.7 Å². The summed E-state index contributed by atoms with van der Waals surface area (Å²) in [5, 5.41) is 0. The van der Waals surface area contributed by atoms with Crippen LogP contribution in [-0.2, 0) is 11.3 Å². The van der Waals surface area contributed by atoms with Crippen LogP contribution in [0.25, 0.3) is 0 Å². The van der Waals surface area contributed by atoms with E-state index < -0.39 is 23.0 Å². The summed E-state index contributed by atoms with van der Waals surface area (Å²) in [6.45, 7) is 1.38. The van der Waals surface area contributed by atoms with Crippen molar-refractivity contribution in [2.45, 2.75) is 13.5 Å². The molecule has 0 aliphatic rings. The summed E-state index contributed by atoms with van der Waals surface area (Å²) in [5.41, 5.74) is -1.05. The maximum Gasteiger partial charge on any atom is 0.328 e. The predicted molar refractivity (Wildman–Crippen MR) is 68.1 cm³/mol. The van der Waals surface area contributed by atoms with Gasteiger partial charge < -0.3 is 4.74 Å². The van der Waals surface area contributed by atoms with E-state index in [1.807, 2.05) is 4.98 Å². The molecule has 2 rings (SSSR count). The van der Waals surface area contributed by atoms with Gasteiger partial charge in [-0.2, -0.15) is 4.39 Å². The van der Waals surface area contributed by atoms with Crippen molar-refractivity contribution in [2.24, 2.45) is 0 Å². The maximum absolute atomic E-state index is 13.1. The Hall–Kier alpha value is -2.70.